The summed E-state index contributed by atoms with van der Waals surface area (Å²) >= 11 is 7.45. The number of pyridine rings is 1. The standard InChI is InChI=1S/C11H11ClN2OS/c1-7-11(16-6-14-7)10(15)4-8-2-3-13-5-9(8)12/h2-3,5-6,10,15H,4H2,1H3. The highest BCUT2D eigenvalue weighted by Gasteiger charge is 2.14. The molecule has 1 atom stereocenters. The first kappa shape index (κ1) is 11.5. The van der Waals surface area contributed by atoms with Gasteiger partial charge in [-0.2, -0.15) is 0 Å². The Morgan fingerprint density at radius 3 is 3.00 bits per heavy atom. The number of hydrogen-bond acceptors (Lipinski definition) is 4. The number of thiazole rings is 1. The highest BCUT2D eigenvalue weighted by atomic mass is 35.5. The first-order chi connectivity index (χ1) is 7.68. The molecule has 84 valence electrons. The number of rotatable bonds is 3. The second-order valence-corrected chi connectivity index (χ2v) is 4.78. The van der Waals surface area contributed by atoms with Gasteiger partial charge in [0, 0.05) is 18.8 Å². The van der Waals surface area contributed by atoms with Crippen molar-refractivity contribution < 1.29 is 5.11 Å². The van der Waals surface area contributed by atoms with Crippen LogP contribution in [0.4, 0.5) is 0 Å². The zero-order chi connectivity index (χ0) is 11.5. The summed E-state index contributed by atoms with van der Waals surface area (Å²) < 4.78 is 0. The fourth-order valence-corrected chi connectivity index (χ4v) is 2.49. The maximum Gasteiger partial charge on any atom is 0.0941 e. The van der Waals surface area contributed by atoms with Crippen molar-refractivity contribution in [3.05, 3.63) is 45.1 Å². The maximum absolute atomic E-state index is 10.1. The van der Waals surface area contributed by atoms with E-state index in [4.69, 9.17) is 11.6 Å². The summed E-state index contributed by atoms with van der Waals surface area (Å²) in [5, 5.41) is 10.6. The molecule has 16 heavy (non-hydrogen) atoms. The van der Waals surface area contributed by atoms with Gasteiger partial charge in [0.05, 0.1) is 27.2 Å². The number of aliphatic hydroxyl groups is 1. The van der Waals surface area contributed by atoms with Crippen molar-refractivity contribution in [1.29, 1.82) is 0 Å². The molecule has 0 bridgehead atoms. The quantitative estimate of drug-likeness (QED) is 0.916. The van der Waals surface area contributed by atoms with Crippen molar-refractivity contribution in [2.75, 3.05) is 0 Å². The highest BCUT2D eigenvalue weighted by molar-refractivity contribution is 7.09. The van der Waals surface area contributed by atoms with Crippen LogP contribution in [-0.4, -0.2) is 15.1 Å². The molecular weight excluding hydrogens is 244 g/mol. The highest BCUT2D eigenvalue weighted by Crippen LogP contribution is 2.26. The third kappa shape index (κ3) is 2.40. The topological polar surface area (TPSA) is 46.0 Å². The summed E-state index contributed by atoms with van der Waals surface area (Å²) in [6.07, 6.45) is 3.20. The number of hydrogen-bond donors (Lipinski definition) is 1. The minimum atomic E-state index is -0.549. The molecule has 0 aliphatic carbocycles. The van der Waals surface area contributed by atoms with Gasteiger partial charge in [-0.25, -0.2) is 4.98 Å². The minimum Gasteiger partial charge on any atom is -0.387 e. The number of nitrogens with zero attached hydrogens (tertiary/aromatic N) is 2. The molecule has 0 aliphatic rings. The Labute approximate surface area is 103 Å². The third-order valence-corrected chi connectivity index (χ3v) is 3.73. The number of halogens is 1. The van der Waals surface area contributed by atoms with Gasteiger partial charge in [-0.3, -0.25) is 4.98 Å². The van der Waals surface area contributed by atoms with Crippen LogP contribution in [-0.2, 0) is 6.42 Å². The lowest BCUT2D eigenvalue weighted by Crippen LogP contribution is -2.02. The largest absolute Gasteiger partial charge is 0.387 e. The van der Waals surface area contributed by atoms with Gasteiger partial charge in [0.2, 0.25) is 0 Å². The second kappa shape index (κ2) is 4.91. The van der Waals surface area contributed by atoms with Crippen LogP contribution in [0.5, 0.6) is 0 Å². The van der Waals surface area contributed by atoms with Gasteiger partial charge in [0.1, 0.15) is 0 Å². The van der Waals surface area contributed by atoms with Crippen LogP contribution in [0.25, 0.3) is 0 Å². The molecule has 5 heteroatoms. The van der Waals surface area contributed by atoms with E-state index in [-0.39, 0.29) is 0 Å². The van der Waals surface area contributed by atoms with Gasteiger partial charge >= 0.3 is 0 Å². The molecule has 3 nitrogen and oxygen atoms in total. The van der Waals surface area contributed by atoms with Crippen LogP contribution in [0.15, 0.2) is 24.0 Å². The first-order valence-electron chi connectivity index (χ1n) is 4.85. The van der Waals surface area contributed by atoms with Crippen LogP contribution < -0.4 is 0 Å². The zero-order valence-electron chi connectivity index (χ0n) is 8.72. The average molecular weight is 255 g/mol. The zero-order valence-corrected chi connectivity index (χ0v) is 10.3. The van der Waals surface area contributed by atoms with E-state index in [1.54, 1.807) is 17.9 Å². The summed E-state index contributed by atoms with van der Waals surface area (Å²) in [5.41, 5.74) is 3.52. The van der Waals surface area contributed by atoms with E-state index in [0.29, 0.717) is 11.4 Å². The molecular formula is C11H11ClN2OS. The number of aliphatic hydroxyl groups excluding tert-OH is 1. The lowest BCUT2D eigenvalue weighted by Gasteiger charge is -2.10. The van der Waals surface area contributed by atoms with Crippen molar-refractivity contribution in [3.8, 4) is 0 Å². The molecule has 0 amide bonds. The Hall–Kier alpha value is -0.970. The molecule has 1 N–H and O–H groups in total. The van der Waals surface area contributed by atoms with Crippen molar-refractivity contribution in [1.82, 2.24) is 9.97 Å². The smallest absolute Gasteiger partial charge is 0.0941 e. The van der Waals surface area contributed by atoms with Crippen molar-refractivity contribution >= 4 is 22.9 Å². The minimum absolute atomic E-state index is 0.490. The summed E-state index contributed by atoms with van der Waals surface area (Å²) in [7, 11) is 0. The Morgan fingerprint density at radius 1 is 1.56 bits per heavy atom. The van der Waals surface area contributed by atoms with E-state index in [0.717, 1.165) is 16.1 Å². The van der Waals surface area contributed by atoms with Gasteiger partial charge in [-0.15, -0.1) is 11.3 Å². The Morgan fingerprint density at radius 2 is 2.38 bits per heavy atom. The van der Waals surface area contributed by atoms with E-state index in [1.807, 2.05) is 13.0 Å². The van der Waals surface area contributed by atoms with E-state index >= 15 is 0 Å². The molecule has 0 fully saturated rings. The monoisotopic (exact) mass is 254 g/mol. The van der Waals surface area contributed by atoms with Crippen LogP contribution in [0.2, 0.25) is 5.02 Å². The fraction of sp³-hybridized carbons (Fsp3) is 0.273. The van der Waals surface area contributed by atoms with E-state index < -0.39 is 6.10 Å². The predicted molar refractivity (Wildman–Crippen MR) is 64.8 cm³/mol. The third-order valence-electron chi connectivity index (χ3n) is 2.35. The Kier molecular flexibility index (Phi) is 3.53. The van der Waals surface area contributed by atoms with Gasteiger partial charge in [0.25, 0.3) is 0 Å². The molecule has 2 rings (SSSR count). The molecule has 2 aromatic rings. The van der Waals surface area contributed by atoms with Gasteiger partial charge in [-0.05, 0) is 18.6 Å². The molecule has 0 radical (unpaired) electrons. The van der Waals surface area contributed by atoms with Gasteiger partial charge < -0.3 is 5.11 Å². The van der Waals surface area contributed by atoms with Gasteiger partial charge in [0.15, 0.2) is 0 Å². The summed E-state index contributed by atoms with van der Waals surface area (Å²) in [6, 6.07) is 1.82. The summed E-state index contributed by atoms with van der Waals surface area (Å²) in [6.45, 7) is 1.89. The maximum atomic E-state index is 10.1. The van der Waals surface area contributed by atoms with E-state index in [2.05, 4.69) is 9.97 Å². The second-order valence-electron chi connectivity index (χ2n) is 3.49. The summed E-state index contributed by atoms with van der Waals surface area (Å²) in [4.78, 5) is 8.92. The number of aryl methyl sites for hydroxylation is 1. The lowest BCUT2D eigenvalue weighted by molar-refractivity contribution is 0.181. The SMILES string of the molecule is Cc1ncsc1C(O)Cc1ccncc1Cl. The van der Waals surface area contributed by atoms with Gasteiger partial charge in [-0.1, -0.05) is 11.6 Å². The van der Waals surface area contributed by atoms with Crippen LogP contribution >= 0.6 is 22.9 Å². The van der Waals surface area contributed by atoms with E-state index in [9.17, 15) is 5.11 Å². The molecule has 2 aromatic heterocycles. The van der Waals surface area contributed by atoms with Crippen molar-refractivity contribution in [2.45, 2.75) is 19.4 Å². The summed E-state index contributed by atoms with van der Waals surface area (Å²) in [5.74, 6) is 0. The predicted octanol–water partition coefficient (Wildman–Crippen LogP) is 2.78. The molecule has 1 unspecified atom stereocenters. The lowest BCUT2D eigenvalue weighted by atomic mass is 10.1. The fourth-order valence-electron chi connectivity index (χ4n) is 1.50. The Balaban J connectivity index is 2.17. The van der Waals surface area contributed by atoms with Crippen molar-refractivity contribution in [3.63, 3.8) is 0 Å². The normalized spacial score (nSPS) is 12.7. The van der Waals surface area contributed by atoms with Crippen LogP contribution in [0.1, 0.15) is 22.2 Å². The first-order valence-corrected chi connectivity index (χ1v) is 6.10. The average Bonchev–Trinajstić information content (AvgIpc) is 2.68. The molecule has 2 heterocycles. The molecule has 0 aliphatic heterocycles. The Bertz CT molecular complexity index is 486. The van der Waals surface area contributed by atoms with E-state index in [1.165, 1.54) is 11.3 Å². The van der Waals surface area contributed by atoms with Crippen LogP contribution in [0.3, 0.4) is 0 Å². The molecule has 0 aromatic carbocycles. The van der Waals surface area contributed by atoms with Crippen LogP contribution in [0, 0.1) is 6.92 Å². The number of aromatic nitrogens is 2. The molecule has 0 saturated carbocycles. The molecule has 0 saturated heterocycles. The van der Waals surface area contributed by atoms with Crippen molar-refractivity contribution in [2.24, 2.45) is 0 Å². The molecule has 0 spiro atoms.